The lowest BCUT2D eigenvalue weighted by molar-refractivity contribution is 0.284. The molecule has 9 heteroatoms. The van der Waals surface area contributed by atoms with Crippen LogP contribution in [-0.4, -0.2) is 42.7 Å². The van der Waals surface area contributed by atoms with Crippen LogP contribution in [0.2, 0.25) is 0 Å². The van der Waals surface area contributed by atoms with Crippen LogP contribution in [0.25, 0.3) is 22.3 Å². The highest BCUT2D eigenvalue weighted by molar-refractivity contribution is 5.97. The van der Waals surface area contributed by atoms with Gasteiger partial charge in [-0.1, -0.05) is 30.3 Å². The van der Waals surface area contributed by atoms with Crippen molar-refractivity contribution in [2.75, 3.05) is 42.7 Å². The Bertz CT molecular complexity index is 1460. The Balaban J connectivity index is 1.91. The molecule has 0 saturated carbocycles. The summed E-state index contributed by atoms with van der Waals surface area (Å²) in [4.78, 5) is 13.7. The SMILES string of the molecule is COc1cc(-c2oc3c(OC)c(OC)c(OC)c(OC)c3c(=O)c2OC)ccc1OCc1ccccc1. The fourth-order valence-electron chi connectivity index (χ4n) is 4.10. The largest absolute Gasteiger partial charge is 0.493 e. The van der Waals surface area contributed by atoms with Gasteiger partial charge in [0.1, 0.15) is 12.0 Å². The molecule has 0 saturated heterocycles. The van der Waals surface area contributed by atoms with Crippen molar-refractivity contribution >= 4 is 11.0 Å². The third kappa shape index (κ3) is 4.55. The van der Waals surface area contributed by atoms with E-state index >= 15 is 0 Å². The molecule has 0 spiro atoms. The van der Waals surface area contributed by atoms with E-state index in [9.17, 15) is 4.79 Å². The second-order valence-corrected chi connectivity index (χ2v) is 7.77. The maximum absolute atomic E-state index is 13.7. The molecule has 0 aliphatic carbocycles. The van der Waals surface area contributed by atoms with Crippen LogP contribution in [0.15, 0.2) is 57.7 Å². The Morgan fingerprint density at radius 3 is 1.86 bits per heavy atom. The number of methoxy groups -OCH3 is 6. The molecule has 4 aromatic rings. The first-order valence-corrected chi connectivity index (χ1v) is 11.3. The van der Waals surface area contributed by atoms with Gasteiger partial charge in [0.2, 0.25) is 28.4 Å². The van der Waals surface area contributed by atoms with E-state index in [1.807, 2.05) is 30.3 Å². The highest BCUT2D eigenvalue weighted by Crippen LogP contribution is 2.51. The second kappa shape index (κ2) is 11.0. The Morgan fingerprint density at radius 1 is 0.649 bits per heavy atom. The number of rotatable bonds is 10. The van der Waals surface area contributed by atoms with Gasteiger partial charge in [0, 0.05) is 5.56 Å². The van der Waals surface area contributed by atoms with Crippen molar-refractivity contribution in [1.82, 2.24) is 0 Å². The van der Waals surface area contributed by atoms with E-state index in [1.54, 1.807) is 18.2 Å². The first-order chi connectivity index (χ1) is 18.0. The van der Waals surface area contributed by atoms with Crippen LogP contribution in [0.3, 0.4) is 0 Å². The van der Waals surface area contributed by atoms with E-state index in [0.717, 1.165) is 5.56 Å². The van der Waals surface area contributed by atoms with Gasteiger partial charge >= 0.3 is 0 Å². The first kappa shape index (κ1) is 25.6. The molecule has 0 unspecified atom stereocenters. The molecule has 0 amide bonds. The third-order valence-corrected chi connectivity index (χ3v) is 5.81. The summed E-state index contributed by atoms with van der Waals surface area (Å²) in [6, 6.07) is 15.0. The van der Waals surface area contributed by atoms with Crippen molar-refractivity contribution in [3.05, 3.63) is 64.3 Å². The van der Waals surface area contributed by atoms with E-state index < -0.39 is 5.43 Å². The molecule has 4 rings (SSSR count). The molecule has 0 fully saturated rings. The van der Waals surface area contributed by atoms with Crippen LogP contribution in [0.1, 0.15) is 5.56 Å². The van der Waals surface area contributed by atoms with E-state index in [2.05, 4.69) is 0 Å². The quantitative estimate of drug-likeness (QED) is 0.290. The minimum atomic E-state index is -0.474. The maximum atomic E-state index is 13.7. The maximum Gasteiger partial charge on any atom is 0.239 e. The number of hydrogen-bond acceptors (Lipinski definition) is 9. The van der Waals surface area contributed by atoms with Gasteiger partial charge in [0.15, 0.2) is 28.6 Å². The summed E-state index contributed by atoms with van der Waals surface area (Å²) >= 11 is 0. The van der Waals surface area contributed by atoms with E-state index in [-0.39, 0.29) is 45.5 Å². The Hall–Kier alpha value is -4.53. The van der Waals surface area contributed by atoms with Gasteiger partial charge in [0.05, 0.1) is 42.7 Å². The van der Waals surface area contributed by atoms with E-state index in [4.69, 9.17) is 37.6 Å². The predicted molar refractivity (Wildman–Crippen MR) is 138 cm³/mol. The fraction of sp³-hybridized carbons (Fsp3) is 0.250. The molecule has 9 nitrogen and oxygen atoms in total. The molecule has 0 aliphatic heterocycles. The molecule has 3 aromatic carbocycles. The van der Waals surface area contributed by atoms with Crippen LogP contribution in [0, 0.1) is 0 Å². The first-order valence-electron chi connectivity index (χ1n) is 11.3. The average molecular weight is 509 g/mol. The van der Waals surface area contributed by atoms with Crippen molar-refractivity contribution < 1.29 is 37.6 Å². The number of benzene rings is 3. The topological polar surface area (TPSA) is 94.8 Å². The summed E-state index contributed by atoms with van der Waals surface area (Å²) in [5, 5.41) is 0.0902. The Labute approximate surface area is 214 Å². The third-order valence-electron chi connectivity index (χ3n) is 5.81. The van der Waals surface area contributed by atoms with Gasteiger partial charge < -0.3 is 37.6 Å². The Kier molecular flexibility index (Phi) is 7.62. The lowest BCUT2D eigenvalue weighted by Gasteiger charge is -2.19. The fourth-order valence-corrected chi connectivity index (χ4v) is 4.10. The lowest BCUT2D eigenvalue weighted by atomic mass is 10.1. The van der Waals surface area contributed by atoms with Gasteiger partial charge in [-0.25, -0.2) is 0 Å². The van der Waals surface area contributed by atoms with Gasteiger partial charge in [0.25, 0.3) is 0 Å². The van der Waals surface area contributed by atoms with Crippen LogP contribution in [0.5, 0.6) is 40.2 Å². The molecular weight excluding hydrogens is 480 g/mol. The molecule has 0 aliphatic rings. The van der Waals surface area contributed by atoms with E-state index in [0.29, 0.717) is 23.7 Å². The zero-order valence-corrected chi connectivity index (χ0v) is 21.5. The highest BCUT2D eigenvalue weighted by Gasteiger charge is 2.30. The Morgan fingerprint density at radius 2 is 1.27 bits per heavy atom. The molecule has 1 aromatic heterocycles. The normalized spacial score (nSPS) is 10.6. The second-order valence-electron chi connectivity index (χ2n) is 7.77. The molecule has 194 valence electrons. The summed E-state index contributed by atoms with van der Waals surface area (Å²) in [5.41, 5.74) is 1.18. The van der Waals surface area contributed by atoms with E-state index in [1.165, 1.54) is 42.7 Å². The standard InChI is InChI=1S/C28H28O9/c1-30-19-14-17(12-13-18(19)36-15-16-10-8-7-9-11-16)22-25(32-3)21(29)20-23(31-2)26(33-4)28(35-6)27(34-5)24(20)37-22/h7-14H,15H2,1-6H3. The molecule has 1 heterocycles. The van der Waals surface area contributed by atoms with Gasteiger partial charge in [-0.3, -0.25) is 4.79 Å². The van der Waals surface area contributed by atoms with Crippen molar-refractivity contribution in [1.29, 1.82) is 0 Å². The van der Waals surface area contributed by atoms with Crippen LogP contribution in [0.4, 0.5) is 0 Å². The molecule has 0 N–H and O–H groups in total. The van der Waals surface area contributed by atoms with Crippen LogP contribution in [-0.2, 0) is 6.61 Å². The molecule has 37 heavy (non-hydrogen) atoms. The molecule has 0 radical (unpaired) electrons. The van der Waals surface area contributed by atoms with Crippen LogP contribution >= 0.6 is 0 Å². The van der Waals surface area contributed by atoms with Gasteiger partial charge in [-0.2, -0.15) is 0 Å². The van der Waals surface area contributed by atoms with Crippen molar-refractivity contribution in [2.45, 2.75) is 6.61 Å². The van der Waals surface area contributed by atoms with Crippen molar-refractivity contribution in [3.8, 4) is 51.6 Å². The molecule has 0 bridgehead atoms. The average Bonchev–Trinajstić information content (AvgIpc) is 2.94. The minimum Gasteiger partial charge on any atom is -0.493 e. The number of ether oxygens (including phenoxy) is 7. The monoisotopic (exact) mass is 508 g/mol. The van der Waals surface area contributed by atoms with Gasteiger partial charge in [-0.15, -0.1) is 0 Å². The van der Waals surface area contributed by atoms with Crippen molar-refractivity contribution in [3.63, 3.8) is 0 Å². The minimum absolute atomic E-state index is 0.0277. The molecular formula is C28H28O9. The number of hydrogen-bond donors (Lipinski definition) is 0. The van der Waals surface area contributed by atoms with Gasteiger partial charge in [-0.05, 0) is 23.8 Å². The molecule has 0 atom stereocenters. The highest BCUT2D eigenvalue weighted by atomic mass is 16.5. The van der Waals surface area contributed by atoms with Crippen molar-refractivity contribution in [2.24, 2.45) is 0 Å². The number of fused-ring (bicyclic) bond motifs is 1. The lowest BCUT2D eigenvalue weighted by Crippen LogP contribution is -2.11. The summed E-state index contributed by atoms with van der Waals surface area (Å²) in [5.74, 6) is 1.84. The zero-order valence-electron chi connectivity index (χ0n) is 21.5. The summed E-state index contributed by atoms with van der Waals surface area (Å²) in [6.07, 6.45) is 0. The zero-order chi connectivity index (χ0) is 26.5. The summed E-state index contributed by atoms with van der Waals surface area (Å²) in [6.45, 7) is 0.365. The smallest absolute Gasteiger partial charge is 0.239 e. The van der Waals surface area contributed by atoms with Crippen LogP contribution < -0.4 is 38.6 Å². The summed E-state index contributed by atoms with van der Waals surface area (Å²) < 4.78 is 45.4. The predicted octanol–water partition coefficient (Wildman–Crippen LogP) is 5.09. The summed E-state index contributed by atoms with van der Waals surface area (Å²) in [7, 11) is 8.67.